The normalized spacial score (nSPS) is 27.6. The molecule has 8 heteroatoms. The molecule has 1 amide bonds. The number of hydrogen-bond donors (Lipinski definition) is 2. The number of benzene rings is 3. The van der Waals surface area contributed by atoms with Crippen molar-refractivity contribution in [2.75, 3.05) is 35.4 Å². The van der Waals surface area contributed by atoms with E-state index in [0.717, 1.165) is 5.56 Å². The third kappa shape index (κ3) is 3.32. The highest BCUT2D eigenvalue weighted by Gasteiger charge is 2.78. The van der Waals surface area contributed by atoms with Crippen molar-refractivity contribution in [3.63, 3.8) is 0 Å². The Morgan fingerprint density at radius 2 is 1.57 bits per heavy atom. The highest BCUT2D eigenvalue weighted by molar-refractivity contribution is 5.83. The standard InChI is InChI=1S/C29H31NO7/c1-30(2)27(32)23-24(17-9-7-6-8-10-17)29(18-11-13-19(34-3)14-12-18)28(33,26(23)31)25-21(36-5)15-20(35-4)16-22(25)37-29/h6-16,23-24,26,31,33H,1-5H3/t23?,24-,26-,28-,29+/m1/s1. The van der Waals surface area contributed by atoms with Gasteiger partial charge in [-0.3, -0.25) is 4.79 Å². The summed E-state index contributed by atoms with van der Waals surface area (Å²) in [7, 11) is 7.84. The summed E-state index contributed by atoms with van der Waals surface area (Å²) in [4.78, 5) is 15.1. The molecule has 1 saturated carbocycles. The quantitative estimate of drug-likeness (QED) is 0.532. The molecule has 37 heavy (non-hydrogen) atoms. The molecule has 5 rings (SSSR count). The Labute approximate surface area is 216 Å². The molecule has 0 radical (unpaired) electrons. The van der Waals surface area contributed by atoms with E-state index in [1.54, 1.807) is 57.6 Å². The summed E-state index contributed by atoms with van der Waals surface area (Å²) in [6.45, 7) is 0. The van der Waals surface area contributed by atoms with Crippen molar-refractivity contribution in [3.05, 3.63) is 83.4 Å². The molecule has 1 unspecified atom stereocenters. The highest BCUT2D eigenvalue weighted by atomic mass is 16.5. The zero-order chi connectivity index (χ0) is 26.5. The molecule has 0 spiro atoms. The van der Waals surface area contributed by atoms with Gasteiger partial charge in [0.2, 0.25) is 5.91 Å². The molecule has 1 aliphatic heterocycles. The Bertz CT molecular complexity index is 1310. The monoisotopic (exact) mass is 505 g/mol. The molecule has 5 atom stereocenters. The average molecular weight is 506 g/mol. The van der Waals surface area contributed by atoms with Crippen molar-refractivity contribution in [3.8, 4) is 23.0 Å². The number of aliphatic hydroxyl groups excluding tert-OH is 1. The minimum absolute atomic E-state index is 0.272. The molecule has 1 fully saturated rings. The van der Waals surface area contributed by atoms with E-state index in [4.69, 9.17) is 18.9 Å². The van der Waals surface area contributed by atoms with E-state index in [9.17, 15) is 15.0 Å². The second-order valence-electron chi connectivity index (χ2n) is 9.63. The molecule has 2 N–H and O–H groups in total. The van der Waals surface area contributed by atoms with Gasteiger partial charge in [-0.15, -0.1) is 0 Å². The maximum atomic E-state index is 13.7. The van der Waals surface area contributed by atoms with Crippen LogP contribution in [0.2, 0.25) is 0 Å². The lowest BCUT2D eigenvalue weighted by atomic mass is 9.70. The molecule has 194 valence electrons. The van der Waals surface area contributed by atoms with Gasteiger partial charge in [0.1, 0.15) is 29.1 Å². The van der Waals surface area contributed by atoms with Crippen molar-refractivity contribution in [2.45, 2.75) is 23.2 Å². The summed E-state index contributed by atoms with van der Waals surface area (Å²) in [6, 6.07) is 19.8. The first-order valence-electron chi connectivity index (χ1n) is 12.0. The van der Waals surface area contributed by atoms with Crippen molar-refractivity contribution >= 4 is 5.91 Å². The minimum atomic E-state index is -2.05. The molecular formula is C29H31NO7. The van der Waals surface area contributed by atoms with Crippen LogP contribution in [0.4, 0.5) is 0 Å². The van der Waals surface area contributed by atoms with Crippen LogP contribution >= 0.6 is 0 Å². The smallest absolute Gasteiger partial charge is 0.228 e. The Balaban J connectivity index is 1.88. The van der Waals surface area contributed by atoms with Gasteiger partial charge in [0.05, 0.1) is 32.8 Å². The summed E-state index contributed by atoms with van der Waals surface area (Å²) in [5, 5.41) is 24.8. The van der Waals surface area contributed by atoms with Gasteiger partial charge in [-0.1, -0.05) is 42.5 Å². The van der Waals surface area contributed by atoms with Gasteiger partial charge < -0.3 is 34.1 Å². The van der Waals surface area contributed by atoms with Crippen LogP contribution in [0.3, 0.4) is 0 Å². The first-order chi connectivity index (χ1) is 17.7. The SMILES string of the molecule is COc1ccc([C@@]23Oc4cc(OC)cc(OC)c4[C@@]2(O)[C@H](O)C(C(=O)N(C)C)[C@H]3c2ccccc2)cc1. The summed E-state index contributed by atoms with van der Waals surface area (Å²) in [5.74, 6) is -0.426. The molecule has 1 aliphatic carbocycles. The number of hydrogen-bond acceptors (Lipinski definition) is 7. The molecular weight excluding hydrogens is 474 g/mol. The number of aliphatic hydroxyl groups is 2. The third-order valence-corrected chi connectivity index (χ3v) is 7.68. The van der Waals surface area contributed by atoms with Crippen LogP contribution in [0.5, 0.6) is 23.0 Å². The molecule has 8 nitrogen and oxygen atoms in total. The van der Waals surface area contributed by atoms with Gasteiger partial charge in [-0.05, 0) is 23.3 Å². The van der Waals surface area contributed by atoms with E-state index in [2.05, 4.69) is 0 Å². The number of amides is 1. The lowest BCUT2D eigenvalue weighted by Crippen LogP contribution is -2.52. The number of fused-ring (bicyclic) bond motifs is 3. The van der Waals surface area contributed by atoms with E-state index >= 15 is 0 Å². The number of carbonyl (C=O) groups is 1. The Morgan fingerprint density at radius 3 is 2.14 bits per heavy atom. The maximum Gasteiger partial charge on any atom is 0.228 e. The predicted octanol–water partition coefficient (Wildman–Crippen LogP) is 3.05. The number of methoxy groups -OCH3 is 3. The molecule has 0 saturated heterocycles. The Kier molecular flexibility index (Phi) is 6.04. The van der Waals surface area contributed by atoms with Gasteiger partial charge >= 0.3 is 0 Å². The average Bonchev–Trinajstić information content (AvgIpc) is 3.30. The van der Waals surface area contributed by atoms with Gasteiger partial charge in [0.25, 0.3) is 0 Å². The summed E-state index contributed by atoms with van der Waals surface area (Å²) < 4.78 is 23.3. The van der Waals surface area contributed by atoms with Crippen LogP contribution < -0.4 is 18.9 Å². The van der Waals surface area contributed by atoms with Crippen molar-refractivity contribution in [1.82, 2.24) is 4.90 Å². The first-order valence-corrected chi connectivity index (χ1v) is 12.0. The first kappa shape index (κ1) is 24.9. The summed E-state index contributed by atoms with van der Waals surface area (Å²) in [6.07, 6.45) is -1.53. The zero-order valence-electron chi connectivity index (χ0n) is 21.5. The van der Waals surface area contributed by atoms with E-state index in [0.29, 0.717) is 22.8 Å². The molecule has 2 aliphatic rings. The van der Waals surface area contributed by atoms with Crippen molar-refractivity contribution < 1.29 is 34.0 Å². The zero-order valence-corrected chi connectivity index (χ0v) is 21.5. The number of ether oxygens (including phenoxy) is 4. The predicted molar refractivity (Wildman–Crippen MR) is 136 cm³/mol. The number of rotatable bonds is 6. The van der Waals surface area contributed by atoms with Crippen LogP contribution in [0.1, 0.15) is 22.6 Å². The molecule has 3 aromatic rings. The second kappa shape index (κ2) is 8.97. The Morgan fingerprint density at radius 1 is 0.919 bits per heavy atom. The van der Waals surface area contributed by atoms with Crippen molar-refractivity contribution in [2.24, 2.45) is 5.92 Å². The van der Waals surface area contributed by atoms with Gasteiger partial charge in [0.15, 0.2) is 11.2 Å². The largest absolute Gasteiger partial charge is 0.497 e. The van der Waals surface area contributed by atoms with Gasteiger partial charge in [-0.25, -0.2) is 0 Å². The van der Waals surface area contributed by atoms with Crippen LogP contribution in [-0.4, -0.2) is 62.5 Å². The second-order valence-corrected chi connectivity index (χ2v) is 9.63. The molecule has 0 bridgehead atoms. The fourth-order valence-corrected chi connectivity index (χ4v) is 6.08. The van der Waals surface area contributed by atoms with Crippen LogP contribution in [0.25, 0.3) is 0 Å². The lowest BCUT2D eigenvalue weighted by molar-refractivity contribution is -0.156. The van der Waals surface area contributed by atoms with Gasteiger partial charge in [0, 0.05) is 32.1 Å². The fraction of sp³-hybridized carbons (Fsp3) is 0.345. The minimum Gasteiger partial charge on any atom is -0.497 e. The fourth-order valence-electron chi connectivity index (χ4n) is 6.08. The van der Waals surface area contributed by atoms with E-state index in [-0.39, 0.29) is 17.2 Å². The highest BCUT2D eigenvalue weighted by Crippen LogP contribution is 2.70. The van der Waals surface area contributed by atoms with Crippen LogP contribution in [0.15, 0.2) is 66.7 Å². The Hall–Kier alpha value is -3.75. The molecule has 3 aromatic carbocycles. The number of carbonyl (C=O) groups excluding carboxylic acids is 1. The third-order valence-electron chi connectivity index (χ3n) is 7.68. The molecule has 1 heterocycles. The van der Waals surface area contributed by atoms with Crippen molar-refractivity contribution in [1.29, 1.82) is 0 Å². The van der Waals surface area contributed by atoms with E-state index in [1.165, 1.54) is 19.1 Å². The van der Waals surface area contributed by atoms with Crippen LogP contribution in [0, 0.1) is 5.92 Å². The number of nitrogens with zero attached hydrogens (tertiary/aromatic N) is 1. The van der Waals surface area contributed by atoms with E-state index < -0.39 is 29.1 Å². The van der Waals surface area contributed by atoms with Crippen LogP contribution in [-0.2, 0) is 16.0 Å². The lowest BCUT2D eigenvalue weighted by Gasteiger charge is -2.41. The summed E-state index contributed by atoms with van der Waals surface area (Å²) >= 11 is 0. The van der Waals surface area contributed by atoms with E-state index in [1.807, 2.05) is 30.3 Å². The van der Waals surface area contributed by atoms with Gasteiger partial charge in [-0.2, -0.15) is 0 Å². The maximum absolute atomic E-state index is 13.7. The molecule has 0 aromatic heterocycles. The summed E-state index contributed by atoms with van der Waals surface area (Å²) in [5.41, 5.74) is -2.04. The topological polar surface area (TPSA) is 97.7 Å².